The van der Waals surface area contributed by atoms with Crippen LogP contribution in [0.5, 0.6) is 0 Å². The molecule has 0 aliphatic carbocycles. The smallest absolute Gasteiger partial charge is 0.0195 e. The third-order valence-corrected chi connectivity index (χ3v) is 4.20. The second-order valence-electron chi connectivity index (χ2n) is 5.89. The molecule has 0 bridgehead atoms. The van der Waals surface area contributed by atoms with Gasteiger partial charge in [-0.1, -0.05) is 27.2 Å². The van der Waals surface area contributed by atoms with Crippen molar-refractivity contribution in [2.24, 2.45) is 5.92 Å². The second-order valence-corrected chi connectivity index (χ2v) is 5.89. The standard InChI is InChI=1S/C15H32N2/c1-5-9-16-15-8-7-10-17(12-15)14(4)11-13(3)6-2/h13-16H,5-12H2,1-4H3. The molecule has 0 amide bonds. The van der Waals surface area contributed by atoms with Gasteiger partial charge in [-0.3, -0.25) is 4.90 Å². The summed E-state index contributed by atoms with van der Waals surface area (Å²) < 4.78 is 0. The highest BCUT2D eigenvalue weighted by molar-refractivity contribution is 4.81. The van der Waals surface area contributed by atoms with Crippen LogP contribution in [-0.4, -0.2) is 36.6 Å². The summed E-state index contributed by atoms with van der Waals surface area (Å²) in [5.41, 5.74) is 0. The second kappa shape index (κ2) is 8.10. The van der Waals surface area contributed by atoms with E-state index in [9.17, 15) is 0 Å². The van der Waals surface area contributed by atoms with Crippen molar-refractivity contribution < 1.29 is 0 Å². The summed E-state index contributed by atoms with van der Waals surface area (Å²) in [6.45, 7) is 13.1. The fourth-order valence-corrected chi connectivity index (χ4v) is 2.82. The third kappa shape index (κ3) is 5.39. The fraction of sp³-hybridized carbons (Fsp3) is 1.00. The Bertz CT molecular complexity index is 193. The van der Waals surface area contributed by atoms with Gasteiger partial charge in [0.2, 0.25) is 0 Å². The first-order valence-corrected chi connectivity index (χ1v) is 7.64. The summed E-state index contributed by atoms with van der Waals surface area (Å²) in [7, 11) is 0. The number of nitrogens with one attached hydrogen (secondary N) is 1. The molecule has 0 aromatic heterocycles. The van der Waals surface area contributed by atoms with Crippen molar-refractivity contribution in [2.45, 2.75) is 71.9 Å². The molecule has 1 saturated heterocycles. The van der Waals surface area contributed by atoms with Gasteiger partial charge in [0, 0.05) is 18.6 Å². The number of likely N-dealkylation sites (tertiary alicyclic amines) is 1. The molecule has 1 N–H and O–H groups in total. The van der Waals surface area contributed by atoms with Crippen LogP contribution in [0, 0.1) is 5.92 Å². The largest absolute Gasteiger partial charge is 0.313 e. The Hall–Kier alpha value is -0.0800. The van der Waals surface area contributed by atoms with Gasteiger partial charge in [-0.25, -0.2) is 0 Å². The molecule has 1 rings (SSSR count). The Balaban J connectivity index is 2.32. The van der Waals surface area contributed by atoms with E-state index >= 15 is 0 Å². The number of rotatable bonds is 7. The molecular weight excluding hydrogens is 208 g/mol. The average molecular weight is 240 g/mol. The maximum Gasteiger partial charge on any atom is 0.0195 e. The topological polar surface area (TPSA) is 15.3 Å². The number of hydrogen-bond donors (Lipinski definition) is 1. The van der Waals surface area contributed by atoms with E-state index in [2.05, 4.69) is 37.9 Å². The normalized spacial score (nSPS) is 25.8. The zero-order valence-electron chi connectivity index (χ0n) is 12.3. The third-order valence-electron chi connectivity index (χ3n) is 4.20. The zero-order chi connectivity index (χ0) is 12.7. The predicted molar refractivity (Wildman–Crippen MR) is 76.4 cm³/mol. The molecule has 0 spiro atoms. The van der Waals surface area contributed by atoms with Crippen LogP contribution in [0.1, 0.15) is 59.8 Å². The van der Waals surface area contributed by atoms with Crippen LogP contribution >= 0.6 is 0 Å². The van der Waals surface area contributed by atoms with Crippen molar-refractivity contribution in [3.8, 4) is 0 Å². The molecular formula is C15H32N2. The van der Waals surface area contributed by atoms with E-state index in [1.165, 1.54) is 51.7 Å². The lowest BCUT2D eigenvalue weighted by molar-refractivity contribution is 0.129. The van der Waals surface area contributed by atoms with Gasteiger partial charge >= 0.3 is 0 Å². The van der Waals surface area contributed by atoms with E-state index in [1.54, 1.807) is 0 Å². The Labute approximate surface area is 108 Å². The SMILES string of the molecule is CCCNC1CCCN(C(C)CC(C)CC)C1. The first kappa shape index (κ1) is 15.0. The Morgan fingerprint density at radius 2 is 2.06 bits per heavy atom. The molecule has 102 valence electrons. The quantitative estimate of drug-likeness (QED) is 0.735. The molecule has 1 heterocycles. The monoisotopic (exact) mass is 240 g/mol. The lowest BCUT2D eigenvalue weighted by Crippen LogP contribution is -2.49. The Kier molecular flexibility index (Phi) is 7.14. The number of piperidine rings is 1. The molecule has 2 nitrogen and oxygen atoms in total. The van der Waals surface area contributed by atoms with Crippen LogP contribution in [0.25, 0.3) is 0 Å². The summed E-state index contributed by atoms with van der Waals surface area (Å²) in [4.78, 5) is 2.70. The summed E-state index contributed by atoms with van der Waals surface area (Å²) in [6, 6.07) is 1.50. The van der Waals surface area contributed by atoms with E-state index < -0.39 is 0 Å². The van der Waals surface area contributed by atoms with Crippen molar-refractivity contribution in [1.29, 1.82) is 0 Å². The molecule has 1 aliphatic rings. The molecule has 17 heavy (non-hydrogen) atoms. The van der Waals surface area contributed by atoms with Gasteiger partial charge in [0.15, 0.2) is 0 Å². The Morgan fingerprint density at radius 1 is 1.29 bits per heavy atom. The van der Waals surface area contributed by atoms with Gasteiger partial charge in [-0.15, -0.1) is 0 Å². The van der Waals surface area contributed by atoms with Crippen molar-refractivity contribution >= 4 is 0 Å². The molecule has 0 radical (unpaired) electrons. The highest BCUT2D eigenvalue weighted by Crippen LogP contribution is 2.19. The van der Waals surface area contributed by atoms with Crippen LogP contribution in [0.2, 0.25) is 0 Å². The van der Waals surface area contributed by atoms with Crippen molar-refractivity contribution in [2.75, 3.05) is 19.6 Å². The van der Waals surface area contributed by atoms with E-state index in [0.717, 1.165) is 18.0 Å². The lowest BCUT2D eigenvalue weighted by Gasteiger charge is -2.38. The zero-order valence-corrected chi connectivity index (χ0v) is 12.3. The predicted octanol–water partition coefficient (Wildman–Crippen LogP) is 3.28. The highest BCUT2D eigenvalue weighted by atomic mass is 15.2. The first-order valence-electron chi connectivity index (χ1n) is 7.64. The van der Waals surface area contributed by atoms with E-state index in [0.29, 0.717) is 0 Å². The first-order chi connectivity index (χ1) is 8.17. The van der Waals surface area contributed by atoms with Crippen LogP contribution in [0.3, 0.4) is 0 Å². The minimum atomic E-state index is 0.739. The molecule has 0 saturated carbocycles. The summed E-state index contributed by atoms with van der Waals surface area (Å²) >= 11 is 0. The van der Waals surface area contributed by atoms with Crippen molar-refractivity contribution in [1.82, 2.24) is 10.2 Å². The lowest BCUT2D eigenvalue weighted by atomic mass is 9.96. The van der Waals surface area contributed by atoms with Crippen LogP contribution in [-0.2, 0) is 0 Å². The highest BCUT2D eigenvalue weighted by Gasteiger charge is 2.23. The van der Waals surface area contributed by atoms with Gasteiger partial charge in [0.1, 0.15) is 0 Å². The molecule has 0 aromatic rings. The van der Waals surface area contributed by atoms with Crippen molar-refractivity contribution in [3.05, 3.63) is 0 Å². The fourth-order valence-electron chi connectivity index (χ4n) is 2.82. The summed E-state index contributed by atoms with van der Waals surface area (Å²) in [5.74, 6) is 0.869. The van der Waals surface area contributed by atoms with E-state index in [-0.39, 0.29) is 0 Å². The van der Waals surface area contributed by atoms with Gasteiger partial charge < -0.3 is 5.32 Å². The van der Waals surface area contributed by atoms with Gasteiger partial charge in [0.05, 0.1) is 0 Å². The molecule has 2 heteroatoms. The number of nitrogens with zero attached hydrogens (tertiary/aromatic N) is 1. The minimum Gasteiger partial charge on any atom is -0.313 e. The molecule has 0 aromatic carbocycles. The summed E-state index contributed by atoms with van der Waals surface area (Å²) in [6.07, 6.45) is 6.66. The number of hydrogen-bond acceptors (Lipinski definition) is 2. The molecule has 1 fully saturated rings. The molecule has 3 unspecified atom stereocenters. The van der Waals surface area contributed by atoms with Gasteiger partial charge in [0.25, 0.3) is 0 Å². The van der Waals surface area contributed by atoms with E-state index in [4.69, 9.17) is 0 Å². The maximum absolute atomic E-state index is 3.68. The van der Waals surface area contributed by atoms with Crippen LogP contribution in [0.15, 0.2) is 0 Å². The van der Waals surface area contributed by atoms with Gasteiger partial charge in [-0.05, 0) is 51.6 Å². The van der Waals surface area contributed by atoms with Crippen molar-refractivity contribution in [3.63, 3.8) is 0 Å². The Morgan fingerprint density at radius 3 is 2.71 bits per heavy atom. The summed E-state index contributed by atoms with van der Waals surface area (Å²) in [5, 5.41) is 3.68. The van der Waals surface area contributed by atoms with Crippen LogP contribution in [0.4, 0.5) is 0 Å². The van der Waals surface area contributed by atoms with Gasteiger partial charge in [-0.2, -0.15) is 0 Å². The molecule has 3 atom stereocenters. The van der Waals surface area contributed by atoms with Crippen LogP contribution < -0.4 is 5.32 Å². The average Bonchev–Trinajstić information content (AvgIpc) is 2.36. The maximum atomic E-state index is 3.68. The minimum absolute atomic E-state index is 0.739. The van der Waals surface area contributed by atoms with E-state index in [1.807, 2.05) is 0 Å². The molecule has 1 aliphatic heterocycles.